The van der Waals surface area contributed by atoms with Crippen LogP contribution in [-0.4, -0.2) is 32.3 Å². The Kier molecular flexibility index (Phi) is 7.35. The zero-order chi connectivity index (χ0) is 22.5. The maximum Gasteiger partial charge on any atom is 0.251 e. The number of hydrogen-bond donors (Lipinski definition) is 2. The Morgan fingerprint density at radius 2 is 1.84 bits per heavy atom. The highest BCUT2D eigenvalue weighted by Crippen LogP contribution is 2.21. The van der Waals surface area contributed by atoms with Gasteiger partial charge in [0.25, 0.3) is 5.91 Å². The second kappa shape index (κ2) is 9.98. The molecule has 7 nitrogen and oxygen atoms in total. The summed E-state index contributed by atoms with van der Waals surface area (Å²) in [6.07, 6.45) is 0. The maximum atomic E-state index is 12.4. The molecule has 0 spiro atoms. The number of anilines is 1. The number of rotatable bonds is 7. The molecule has 1 heterocycles. The lowest BCUT2D eigenvalue weighted by atomic mass is 10.1. The molecule has 2 aromatic carbocycles. The fourth-order valence-corrected chi connectivity index (χ4v) is 3.81. The van der Waals surface area contributed by atoms with Crippen LogP contribution in [0.1, 0.15) is 40.3 Å². The third-order valence-electron chi connectivity index (χ3n) is 4.71. The van der Waals surface area contributed by atoms with Crippen LogP contribution < -0.4 is 10.6 Å². The lowest BCUT2D eigenvalue weighted by Crippen LogP contribution is -2.28. The van der Waals surface area contributed by atoms with Crippen molar-refractivity contribution in [3.8, 4) is 0 Å². The molecular formula is C22H24ClN5O2S. The highest BCUT2D eigenvalue weighted by Gasteiger charge is 2.19. The molecule has 9 heteroatoms. The predicted molar refractivity (Wildman–Crippen MR) is 124 cm³/mol. The summed E-state index contributed by atoms with van der Waals surface area (Å²) in [7, 11) is 1.81. The van der Waals surface area contributed by atoms with Crippen molar-refractivity contribution in [2.45, 2.75) is 32.0 Å². The summed E-state index contributed by atoms with van der Waals surface area (Å²) in [5.74, 6) is 0.451. The molecule has 0 aliphatic carbocycles. The number of aryl methyl sites for hydroxylation is 2. The molecule has 3 aromatic rings. The zero-order valence-corrected chi connectivity index (χ0v) is 19.3. The molecule has 1 aromatic heterocycles. The molecule has 0 aliphatic heterocycles. The van der Waals surface area contributed by atoms with Gasteiger partial charge in [-0.05, 0) is 62.2 Å². The van der Waals surface area contributed by atoms with Gasteiger partial charge in [-0.1, -0.05) is 35.5 Å². The molecule has 0 unspecified atom stereocenters. The SMILES string of the molecule is Cc1ccc(C)c(NC(=O)CSc2nnc([C@H](C)NC(=O)c3ccc(Cl)cc3)n2C)c1. The van der Waals surface area contributed by atoms with Gasteiger partial charge >= 0.3 is 0 Å². The highest BCUT2D eigenvalue weighted by atomic mass is 35.5. The van der Waals surface area contributed by atoms with Crippen LogP contribution in [0.25, 0.3) is 0 Å². The summed E-state index contributed by atoms with van der Waals surface area (Å²) in [5, 5.41) is 15.4. The third kappa shape index (κ3) is 5.86. The lowest BCUT2D eigenvalue weighted by Gasteiger charge is -2.14. The number of aromatic nitrogens is 3. The highest BCUT2D eigenvalue weighted by molar-refractivity contribution is 7.99. The average Bonchev–Trinajstić information content (AvgIpc) is 3.10. The standard InChI is InChI=1S/C22H24ClN5O2S/c1-13-5-6-14(2)18(11-13)25-19(29)12-31-22-27-26-20(28(22)4)15(3)24-21(30)16-7-9-17(23)10-8-16/h5-11,15H,12H2,1-4H3,(H,24,30)(H,25,29)/t15-/m0/s1. The van der Waals surface area contributed by atoms with E-state index in [-0.39, 0.29) is 23.6 Å². The molecule has 0 aliphatic rings. The molecule has 31 heavy (non-hydrogen) atoms. The Labute approximate surface area is 190 Å². The minimum atomic E-state index is -0.362. The lowest BCUT2D eigenvalue weighted by molar-refractivity contribution is -0.113. The zero-order valence-electron chi connectivity index (χ0n) is 17.8. The molecule has 0 radical (unpaired) electrons. The molecule has 0 fully saturated rings. The minimum Gasteiger partial charge on any atom is -0.342 e. The van der Waals surface area contributed by atoms with E-state index >= 15 is 0 Å². The van der Waals surface area contributed by atoms with E-state index in [4.69, 9.17) is 11.6 Å². The molecule has 2 N–H and O–H groups in total. The molecular weight excluding hydrogens is 434 g/mol. The summed E-state index contributed by atoms with van der Waals surface area (Å²) < 4.78 is 1.78. The Hall–Kier alpha value is -2.84. The molecule has 0 saturated carbocycles. The fraction of sp³-hybridized carbons (Fsp3) is 0.273. The first-order valence-electron chi connectivity index (χ1n) is 9.70. The number of nitrogens with one attached hydrogen (secondary N) is 2. The van der Waals surface area contributed by atoms with E-state index in [1.807, 2.05) is 46.0 Å². The normalized spacial score (nSPS) is 11.8. The summed E-state index contributed by atoms with van der Waals surface area (Å²) in [4.78, 5) is 24.8. The number of amides is 2. The quantitative estimate of drug-likeness (QED) is 0.516. The van der Waals surface area contributed by atoms with Crippen molar-refractivity contribution in [2.24, 2.45) is 7.05 Å². The summed E-state index contributed by atoms with van der Waals surface area (Å²) in [5.41, 5.74) is 3.41. The molecule has 162 valence electrons. The Bertz CT molecular complexity index is 1100. The van der Waals surface area contributed by atoms with E-state index in [1.54, 1.807) is 28.8 Å². The van der Waals surface area contributed by atoms with Gasteiger partial charge in [-0.25, -0.2) is 0 Å². The minimum absolute atomic E-state index is 0.118. The molecule has 0 saturated heterocycles. The van der Waals surface area contributed by atoms with E-state index in [0.717, 1.165) is 16.8 Å². The van der Waals surface area contributed by atoms with E-state index in [2.05, 4.69) is 20.8 Å². The van der Waals surface area contributed by atoms with Crippen LogP contribution in [0.15, 0.2) is 47.6 Å². The number of benzene rings is 2. The summed E-state index contributed by atoms with van der Waals surface area (Å²) in [6, 6.07) is 12.2. The van der Waals surface area contributed by atoms with Crippen LogP contribution in [-0.2, 0) is 11.8 Å². The number of nitrogens with zero attached hydrogens (tertiary/aromatic N) is 3. The third-order valence-corrected chi connectivity index (χ3v) is 5.98. The van der Waals surface area contributed by atoms with Crippen molar-refractivity contribution >= 4 is 40.9 Å². The van der Waals surface area contributed by atoms with Crippen LogP contribution in [0, 0.1) is 13.8 Å². The first-order valence-corrected chi connectivity index (χ1v) is 11.1. The van der Waals surface area contributed by atoms with Gasteiger partial charge in [-0.2, -0.15) is 0 Å². The van der Waals surface area contributed by atoms with Crippen LogP contribution in [0.4, 0.5) is 5.69 Å². The van der Waals surface area contributed by atoms with Gasteiger partial charge in [0, 0.05) is 23.3 Å². The van der Waals surface area contributed by atoms with Gasteiger partial charge in [0.2, 0.25) is 5.91 Å². The second-order valence-corrected chi connectivity index (χ2v) is 8.64. The van der Waals surface area contributed by atoms with E-state index in [0.29, 0.717) is 21.6 Å². The Morgan fingerprint density at radius 1 is 1.13 bits per heavy atom. The number of carbonyl (C=O) groups excluding carboxylic acids is 2. The fourth-order valence-electron chi connectivity index (χ4n) is 2.96. The van der Waals surface area contributed by atoms with E-state index in [1.165, 1.54) is 11.8 Å². The smallest absolute Gasteiger partial charge is 0.251 e. The molecule has 0 bridgehead atoms. The van der Waals surface area contributed by atoms with Crippen molar-refractivity contribution in [1.29, 1.82) is 0 Å². The number of carbonyl (C=O) groups is 2. The van der Waals surface area contributed by atoms with Crippen molar-refractivity contribution < 1.29 is 9.59 Å². The molecule has 3 rings (SSSR count). The van der Waals surface area contributed by atoms with E-state index in [9.17, 15) is 9.59 Å². The topological polar surface area (TPSA) is 88.9 Å². The monoisotopic (exact) mass is 457 g/mol. The second-order valence-electron chi connectivity index (χ2n) is 7.26. The maximum absolute atomic E-state index is 12.4. The first-order chi connectivity index (χ1) is 14.7. The summed E-state index contributed by atoms with van der Waals surface area (Å²) in [6.45, 7) is 5.77. The average molecular weight is 458 g/mol. The van der Waals surface area contributed by atoms with Crippen LogP contribution in [0.2, 0.25) is 5.02 Å². The number of halogens is 1. The van der Waals surface area contributed by atoms with E-state index < -0.39 is 0 Å². The van der Waals surface area contributed by atoms with Crippen molar-refractivity contribution in [2.75, 3.05) is 11.1 Å². The van der Waals surface area contributed by atoms with Crippen molar-refractivity contribution in [3.63, 3.8) is 0 Å². The largest absolute Gasteiger partial charge is 0.342 e. The van der Waals surface area contributed by atoms with Gasteiger partial charge in [0.15, 0.2) is 11.0 Å². The Morgan fingerprint density at radius 3 is 2.55 bits per heavy atom. The van der Waals surface area contributed by atoms with Gasteiger partial charge in [0.1, 0.15) is 0 Å². The first kappa shape index (κ1) is 22.8. The number of hydrogen-bond acceptors (Lipinski definition) is 5. The van der Waals surface area contributed by atoms with Crippen molar-refractivity contribution in [3.05, 3.63) is 70.0 Å². The van der Waals surface area contributed by atoms with Crippen molar-refractivity contribution in [1.82, 2.24) is 20.1 Å². The van der Waals surface area contributed by atoms with Gasteiger partial charge in [-0.15, -0.1) is 10.2 Å². The summed E-state index contributed by atoms with van der Waals surface area (Å²) >= 11 is 7.16. The van der Waals surface area contributed by atoms with Gasteiger partial charge in [0.05, 0.1) is 11.8 Å². The van der Waals surface area contributed by atoms with Crippen LogP contribution in [0.5, 0.6) is 0 Å². The molecule has 1 atom stereocenters. The van der Waals surface area contributed by atoms with Gasteiger partial charge in [-0.3, -0.25) is 9.59 Å². The van der Waals surface area contributed by atoms with Gasteiger partial charge < -0.3 is 15.2 Å². The van der Waals surface area contributed by atoms with Crippen LogP contribution >= 0.6 is 23.4 Å². The molecule has 2 amide bonds. The number of thioether (sulfide) groups is 1. The Balaban J connectivity index is 1.59. The van der Waals surface area contributed by atoms with Crippen LogP contribution in [0.3, 0.4) is 0 Å². The predicted octanol–water partition coefficient (Wildman–Crippen LogP) is 4.31.